The standard InChI is InChI=1S/C25H30O6/c1-18(2)25(29)31-16-10-6-4-3-5-9-15-30-19-13-14-21(23(27)17-19)24(28)20-11-7-8-12-22(20)26/h7-8,11-14,17,26-27H,1,3-6,9-10,15-16H2,2H3. The lowest BCUT2D eigenvalue weighted by molar-refractivity contribution is -0.139. The summed E-state index contributed by atoms with van der Waals surface area (Å²) in [4.78, 5) is 23.7. The van der Waals surface area contributed by atoms with Crippen molar-refractivity contribution in [2.24, 2.45) is 0 Å². The van der Waals surface area contributed by atoms with Crippen LogP contribution in [0.5, 0.6) is 17.2 Å². The topological polar surface area (TPSA) is 93.1 Å². The van der Waals surface area contributed by atoms with Crippen molar-refractivity contribution in [3.63, 3.8) is 0 Å². The van der Waals surface area contributed by atoms with Crippen molar-refractivity contribution in [2.75, 3.05) is 13.2 Å². The summed E-state index contributed by atoms with van der Waals surface area (Å²) < 4.78 is 10.7. The molecule has 31 heavy (non-hydrogen) atoms. The van der Waals surface area contributed by atoms with E-state index in [2.05, 4.69) is 6.58 Å². The first-order chi connectivity index (χ1) is 14.9. The molecular formula is C25H30O6. The maximum absolute atomic E-state index is 12.5. The number of phenols is 2. The quantitative estimate of drug-likeness (QED) is 0.199. The highest BCUT2D eigenvalue weighted by atomic mass is 16.5. The van der Waals surface area contributed by atoms with E-state index < -0.39 is 5.78 Å². The molecular weight excluding hydrogens is 396 g/mol. The molecule has 0 unspecified atom stereocenters. The largest absolute Gasteiger partial charge is 0.507 e. The van der Waals surface area contributed by atoms with E-state index in [1.54, 1.807) is 25.1 Å². The van der Waals surface area contributed by atoms with Gasteiger partial charge in [-0.2, -0.15) is 0 Å². The average molecular weight is 427 g/mol. The van der Waals surface area contributed by atoms with Gasteiger partial charge < -0.3 is 19.7 Å². The van der Waals surface area contributed by atoms with Gasteiger partial charge in [0.15, 0.2) is 5.78 Å². The van der Waals surface area contributed by atoms with E-state index in [1.165, 1.54) is 24.3 Å². The summed E-state index contributed by atoms with van der Waals surface area (Å²) in [7, 11) is 0. The third-order valence-corrected chi connectivity index (χ3v) is 4.75. The third-order valence-electron chi connectivity index (χ3n) is 4.75. The number of hydrogen-bond donors (Lipinski definition) is 2. The molecule has 0 aliphatic heterocycles. The van der Waals surface area contributed by atoms with Crippen LogP contribution in [0.4, 0.5) is 0 Å². The van der Waals surface area contributed by atoms with Gasteiger partial charge in [-0.3, -0.25) is 4.79 Å². The molecule has 166 valence electrons. The Labute approximate surface area is 183 Å². The summed E-state index contributed by atoms with van der Waals surface area (Å²) in [6.07, 6.45) is 5.88. The lowest BCUT2D eigenvalue weighted by Gasteiger charge is -2.10. The van der Waals surface area contributed by atoms with Crippen molar-refractivity contribution >= 4 is 11.8 Å². The second kappa shape index (κ2) is 12.4. The Morgan fingerprint density at radius 3 is 2.10 bits per heavy atom. The van der Waals surface area contributed by atoms with Gasteiger partial charge in [0.1, 0.15) is 17.2 Å². The molecule has 0 aliphatic carbocycles. The van der Waals surface area contributed by atoms with Gasteiger partial charge in [0.2, 0.25) is 0 Å². The van der Waals surface area contributed by atoms with Crippen LogP contribution < -0.4 is 4.74 Å². The number of carbonyl (C=O) groups excluding carboxylic acids is 2. The summed E-state index contributed by atoms with van der Waals surface area (Å²) in [5.74, 6) is -0.598. The van der Waals surface area contributed by atoms with Crippen LogP contribution in [0.1, 0.15) is 61.4 Å². The van der Waals surface area contributed by atoms with Crippen molar-refractivity contribution in [3.05, 3.63) is 65.7 Å². The first kappa shape index (κ1) is 24.0. The molecule has 0 radical (unpaired) electrons. The van der Waals surface area contributed by atoms with Crippen molar-refractivity contribution in [1.82, 2.24) is 0 Å². The van der Waals surface area contributed by atoms with E-state index in [-0.39, 0.29) is 28.6 Å². The summed E-state index contributed by atoms with van der Waals surface area (Å²) in [6, 6.07) is 10.8. The van der Waals surface area contributed by atoms with Crippen LogP contribution >= 0.6 is 0 Å². The first-order valence-corrected chi connectivity index (χ1v) is 10.5. The molecule has 0 heterocycles. The van der Waals surface area contributed by atoms with Crippen LogP contribution in [-0.2, 0) is 9.53 Å². The van der Waals surface area contributed by atoms with E-state index in [4.69, 9.17) is 9.47 Å². The van der Waals surface area contributed by atoms with Gasteiger partial charge in [-0.25, -0.2) is 4.79 Å². The van der Waals surface area contributed by atoms with Crippen LogP contribution in [0.3, 0.4) is 0 Å². The molecule has 6 nitrogen and oxygen atoms in total. The summed E-state index contributed by atoms with van der Waals surface area (Å²) in [5, 5.41) is 20.0. The highest BCUT2D eigenvalue weighted by Gasteiger charge is 2.17. The molecule has 2 N–H and O–H groups in total. The van der Waals surface area contributed by atoms with E-state index in [0.29, 0.717) is 24.5 Å². The number of ketones is 1. The Bertz CT molecular complexity index is 903. The molecule has 0 saturated heterocycles. The molecule has 6 heteroatoms. The predicted octanol–water partition coefficient (Wildman–Crippen LogP) is 5.17. The number of para-hydroxylation sites is 1. The second-order valence-corrected chi connectivity index (χ2v) is 7.41. The first-order valence-electron chi connectivity index (χ1n) is 10.5. The van der Waals surface area contributed by atoms with Crippen molar-refractivity contribution in [3.8, 4) is 17.2 Å². The number of carbonyl (C=O) groups is 2. The van der Waals surface area contributed by atoms with Crippen molar-refractivity contribution in [2.45, 2.75) is 45.4 Å². The van der Waals surface area contributed by atoms with E-state index >= 15 is 0 Å². The number of esters is 1. The normalized spacial score (nSPS) is 10.5. The minimum Gasteiger partial charge on any atom is -0.507 e. The number of aromatic hydroxyl groups is 2. The Kier molecular flexibility index (Phi) is 9.62. The van der Waals surface area contributed by atoms with Gasteiger partial charge in [0.25, 0.3) is 0 Å². The SMILES string of the molecule is C=C(C)C(=O)OCCCCCCCCOc1ccc(C(=O)c2ccccc2O)c(O)c1. The molecule has 0 aromatic heterocycles. The molecule has 0 saturated carbocycles. The van der Waals surface area contributed by atoms with E-state index in [9.17, 15) is 19.8 Å². The Balaban J connectivity index is 1.65. The van der Waals surface area contributed by atoms with Gasteiger partial charge >= 0.3 is 5.97 Å². The fourth-order valence-corrected chi connectivity index (χ4v) is 2.99. The van der Waals surface area contributed by atoms with E-state index in [0.717, 1.165) is 38.5 Å². The van der Waals surface area contributed by atoms with Gasteiger partial charge in [-0.1, -0.05) is 44.4 Å². The summed E-state index contributed by atoms with van der Waals surface area (Å²) in [6.45, 7) is 6.12. The minimum absolute atomic E-state index is 0.114. The number of hydrogen-bond acceptors (Lipinski definition) is 6. The molecule has 0 aliphatic rings. The number of rotatable bonds is 13. The Morgan fingerprint density at radius 2 is 1.45 bits per heavy atom. The lowest BCUT2D eigenvalue weighted by Crippen LogP contribution is -2.06. The molecule has 0 bridgehead atoms. The zero-order valence-corrected chi connectivity index (χ0v) is 17.9. The van der Waals surface area contributed by atoms with Gasteiger partial charge in [0.05, 0.1) is 24.3 Å². The minimum atomic E-state index is -0.448. The summed E-state index contributed by atoms with van der Waals surface area (Å²) >= 11 is 0. The van der Waals surface area contributed by atoms with Gasteiger partial charge in [-0.05, 0) is 44.0 Å². The molecule has 0 amide bonds. The maximum atomic E-state index is 12.5. The number of phenolic OH excluding ortho intramolecular Hbond substituents is 2. The van der Waals surface area contributed by atoms with Crippen molar-refractivity contribution in [1.29, 1.82) is 0 Å². The molecule has 2 aromatic carbocycles. The van der Waals surface area contributed by atoms with Crippen molar-refractivity contribution < 1.29 is 29.3 Å². The smallest absolute Gasteiger partial charge is 0.333 e. The molecule has 0 spiro atoms. The molecule has 2 rings (SSSR count). The second-order valence-electron chi connectivity index (χ2n) is 7.41. The zero-order valence-electron chi connectivity index (χ0n) is 17.9. The third kappa shape index (κ3) is 7.81. The van der Waals surface area contributed by atoms with Crippen LogP contribution in [0, 0.1) is 0 Å². The van der Waals surface area contributed by atoms with Crippen LogP contribution in [-0.4, -0.2) is 35.2 Å². The highest BCUT2D eigenvalue weighted by molar-refractivity contribution is 6.12. The molecule has 2 aromatic rings. The van der Waals surface area contributed by atoms with Crippen LogP contribution in [0.25, 0.3) is 0 Å². The lowest BCUT2D eigenvalue weighted by atomic mass is 10.0. The Hall–Kier alpha value is -3.28. The Morgan fingerprint density at radius 1 is 0.839 bits per heavy atom. The summed E-state index contributed by atoms with van der Waals surface area (Å²) in [5.41, 5.74) is 0.674. The highest BCUT2D eigenvalue weighted by Crippen LogP contribution is 2.28. The number of benzene rings is 2. The number of ether oxygens (including phenoxy) is 2. The average Bonchev–Trinajstić information content (AvgIpc) is 2.74. The fraction of sp³-hybridized carbons (Fsp3) is 0.360. The predicted molar refractivity (Wildman–Crippen MR) is 119 cm³/mol. The maximum Gasteiger partial charge on any atom is 0.333 e. The monoisotopic (exact) mass is 426 g/mol. The molecule has 0 fully saturated rings. The zero-order chi connectivity index (χ0) is 22.6. The van der Waals surface area contributed by atoms with E-state index in [1.807, 2.05) is 0 Å². The fourth-order valence-electron chi connectivity index (χ4n) is 2.99. The van der Waals surface area contributed by atoms with Gasteiger partial charge in [-0.15, -0.1) is 0 Å². The molecule has 0 atom stereocenters. The number of unbranched alkanes of at least 4 members (excludes halogenated alkanes) is 5. The van der Waals surface area contributed by atoms with Gasteiger partial charge in [0, 0.05) is 11.6 Å². The van der Waals surface area contributed by atoms with Crippen LogP contribution in [0.2, 0.25) is 0 Å². The van der Waals surface area contributed by atoms with Crippen LogP contribution in [0.15, 0.2) is 54.6 Å².